The molecule has 2 N–H and O–H groups in total. The first-order valence-electron chi connectivity index (χ1n) is 4.47. The molecule has 0 spiro atoms. The summed E-state index contributed by atoms with van der Waals surface area (Å²) in [5.74, 6) is 0. The van der Waals surface area contributed by atoms with Crippen LogP contribution in [-0.2, 0) is 6.54 Å². The highest BCUT2D eigenvalue weighted by Crippen LogP contribution is 2.02. The molecule has 0 aromatic carbocycles. The second kappa shape index (κ2) is 4.39. The summed E-state index contributed by atoms with van der Waals surface area (Å²) in [5, 5.41) is 16.7. The van der Waals surface area contributed by atoms with Crippen molar-refractivity contribution in [3.63, 3.8) is 0 Å². The average molecular weight is 183 g/mol. The van der Waals surface area contributed by atoms with Crippen molar-refractivity contribution in [2.45, 2.75) is 26.5 Å². The minimum atomic E-state index is -0.372. The van der Waals surface area contributed by atoms with Crippen LogP contribution in [0, 0.1) is 13.8 Å². The fourth-order valence-corrected chi connectivity index (χ4v) is 1.36. The lowest BCUT2D eigenvalue weighted by Crippen LogP contribution is -2.28. The highest BCUT2D eigenvalue weighted by Gasteiger charge is 2.06. The molecule has 1 atom stereocenters. The minimum Gasteiger partial charge on any atom is -0.390 e. The van der Waals surface area contributed by atoms with Gasteiger partial charge in [0.1, 0.15) is 0 Å². The summed E-state index contributed by atoms with van der Waals surface area (Å²) >= 11 is 0. The highest BCUT2D eigenvalue weighted by molar-refractivity contribution is 5.06. The van der Waals surface area contributed by atoms with E-state index in [1.807, 2.05) is 31.6 Å². The Bertz CT molecular complexity index is 270. The first-order chi connectivity index (χ1) is 6.13. The molecule has 0 aliphatic carbocycles. The monoisotopic (exact) mass is 183 g/mol. The molecule has 13 heavy (non-hydrogen) atoms. The number of aromatic nitrogens is 2. The zero-order valence-electron chi connectivity index (χ0n) is 8.41. The Morgan fingerprint density at radius 3 is 2.77 bits per heavy atom. The molecule has 4 nitrogen and oxygen atoms in total. The molecule has 1 aromatic rings. The van der Waals surface area contributed by atoms with Crippen LogP contribution in [0.3, 0.4) is 0 Å². The largest absolute Gasteiger partial charge is 0.390 e. The SMILES string of the molecule is CNCC(O)Cn1nc(C)cc1C. The Balaban J connectivity index is 2.57. The van der Waals surface area contributed by atoms with Crippen LogP contribution in [0.2, 0.25) is 0 Å². The third-order valence-corrected chi connectivity index (χ3v) is 1.93. The molecule has 0 saturated carbocycles. The molecule has 74 valence electrons. The Labute approximate surface area is 78.6 Å². The number of hydrogen-bond acceptors (Lipinski definition) is 3. The molecule has 1 rings (SSSR count). The molecule has 1 unspecified atom stereocenters. The molecule has 0 amide bonds. The maximum absolute atomic E-state index is 9.51. The third-order valence-electron chi connectivity index (χ3n) is 1.93. The van der Waals surface area contributed by atoms with E-state index in [-0.39, 0.29) is 6.10 Å². The van der Waals surface area contributed by atoms with Crippen LogP contribution >= 0.6 is 0 Å². The molecule has 0 saturated heterocycles. The van der Waals surface area contributed by atoms with E-state index >= 15 is 0 Å². The van der Waals surface area contributed by atoms with Crippen molar-refractivity contribution in [3.05, 3.63) is 17.5 Å². The fourth-order valence-electron chi connectivity index (χ4n) is 1.36. The standard InChI is InChI=1S/C9H17N3O/c1-7-4-8(2)12(11-7)6-9(13)5-10-3/h4,9-10,13H,5-6H2,1-3H3. The first-order valence-corrected chi connectivity index (χ1v) is 4.47. The lowest BCUT2D eigenvalue weighted by Gasteiger charge is -2.10. The maximum Gasteiger partial charge on any atom is 0.0860 e. The Morgan fingerprint density at radius 2 is 2.31 bits per heavy atom. The van der Waals surface area contributed by atoms with Gasteiger partial charge in [-0.25, -0.2) is 0 Å². The van der Waals surface area contributed by atoms with E-state index in [1.54, 1.807) is 0 Å². The third kappa shape index (κ3) is 2.82. The molecule has 0 aliphatic heterocycles. The van der Waals surface area contributed by atoms with Gasteiger partial charge < -0.3 is 10.4 Å². The Hall–Kier alpha value is -0.870. The predicted molar refractivity (Wildman–Crippen MR) is 51.6 cm³/mol. The summed E-state index contributed by atoms with van der Waals surface area (Å²) in [6.45, 7) is 5.10. The van der Waals surface area contributed by atoms with Crippen LogP contribution < -0.4 is 5.32 Å². The van der Waals surface area contributed by atoms with E-state index in [9.17, 15) is 5.11 Å². The highest BCUT2D eigenvalue weighted by atomic mass is 16.3. The summed E-state index contributed by atoms with van der Waals surface area (Å²) in [7, 11) is 1.82. The van der Waals surface area contributed by atoms with Crippen LogP contribution in [0.1, 0.15) is 11.4 Å². The molecular weight excluding hydrogens is 166 g/mol. The van der Waals surface area contributed by atoms with E-state index in [4.69, 9.17) is 0 Å². The number of aryl methyl sites for hydroxylation is 2. The molecular formula is C9H17N3O. The van der Waals surface area contributed by atoms with Crippen LogP contribution in [0.15, 0.2) is 6.07 Å². The minimum absolute atomic E-state index is 0.372. The number of aliphatic hydroxyl groups excluding tert-OH is 1. The van der Waals surface area contributed by atoms with Crippen LogP contribution in [0.4, 0.5) is 0 Å². The van der Waals surface area contributed by atoms with E-state index in [2.05, 4.69) is 10.4 Å². The number of rotatable bonds is 4. The molecule has 1 aromatic heterocycles. The summed E-state index contributed by atoms with van der Waals surface area (Å²) < 4.78 is 1.83. The first kappa shape index (κ1) is 10.2. The van der Waals surface area contributed by atoms with Gasteiger partial charge in [0.05, 0.1) is 18.3 Å². The van der Waals surface area contributed by atoms with Crippen LogP contribution in [0.25, 0.3) is 0 Å². The summed E-state index contributed by atoms with van der Waals surface area (Å²) in [5.41, 5.74) is 2.09. The van der Waals surface area contributed by atoms with Gasteiger partial charge in [0.2, 0.25) is 0 Å². The van der Waals surface area contributed by atoms with Gasteiger partial charge in [-0.3, -0.25) is 4.68 Å². The normalized spacial score (nSPS) is 13.2. The van der Waals surface area contributed by atoms with Crippen molar-refractivity contribution in [1.29, 1.82) is 0 Å². The number of likely N-dealkylation sites (N-methyl/N-ethyl adjacent to an activating group) is 1. The molecule has 0 radical (unpaired) electrons. The molecule has 0 aliphatic rings. The summed E-state index contributed by atoms with van der Waals surface area (Å²) in [6, 6.07) is 2.01. The smallest absolute Gasteiger partial charge is 0.0860 e. The van der Waals surface area contributed by atoms with E-state index in [0.29, 0.717) is 13.1 Å². The molecule has 4 heteroatoms. The molecule has 1 heterocycles. The van der Waals surface area contributed by atoms with Gasteiger partial charge in [-0.2, -0.15) is 5.10 Å². The second-order valence-corrected chi connectivity index (χ2v) is 3.32. The van der Waals surface area contributed by atoms with Crippen molar-refractivity contribution >= 4 is 0 Å². The average Bonchev–Trinajstić information content (AvgIpc) is 2.30. The van der Waals surface area contributed by atoms with Crippen molar-refractivity contribution in [2.75, 3.05) is 13.6 Å². The topological polar surface area (TPSA) is 50.1 Å². The van der Waals surface area contributed by atoms with Gasteiger partial charge in [-0.1, -0.05) is 0 Å². The van der Waals surface area contributed by atoms with Crippen molar-refractivity contribution in [1.82, 2.24) is 15.1 Å². The van der Waals surface area contributed by atoms with Gasteiger partial charge in [-0.05, 0) is 27.0 Å². The van der Waals surface area contributed by atoms with Crippen molar-refractivity contribution in [2.24, 2.45) is 0 Å². The number of nitrogens with one attached hydrogen (secondary N) is 1. The van der Waals surface area contributed by atoms with Gasteiger partial charge in [0.25, 0.3) is 0 Å². The quantitative estimate of drug-likeness (QED) is 0.695. The Kier molecular flexibility index (Phi) is 3.45. The van der Waals surface area contributed by atoms with Crippen molar-refractivity contribution in [3.8, 4) is 0 Å². The molecule has 0 fully saturated rings. The summed E-state index contributed by atoms with van der Waals surface area (Å²) in [6.07, 6.45) is -0.372. The van der Waals surface area contributed by atoms with Gasteiger partial charge in [-0.15, -0.1) is 0 Å². The fraction of sp³-hybridized carbons (Fsp3) is 0.667. The molecule has 0 bridgehead atoms. The van der Waals surface area contributed by atoms with E-state index in [1.165, 1.54) is 0 Å². The van der Waals surface area contributed by atoms with Gasteiger partial charge >= 0.3 is 0 Å². The maximum atomic E-state index is 9.51. The lowest BCUT2D eigenvalue weighted by atomic mass is 10.3. The van der Waals surface area contributed by atoms with Crippen LogP contribution in [0.5, 0.6) is 0 Å². The van der Waals surface area contributed by atoms with Gasteiger partial charge in [0, 0.05) is 12.2 Å². The summed E-state index contributed by atoms with van der Waals surface area (Å²) in [4.78, 5) is 0. The van der Waals surface area contributed by atoms with E-state index < -0.39 is 0 Å². The van der Waals surface area contributed by atoms with Gasteiger partial charge in [0.15, 0.2) is 0 Å². The number of hydrogen-bond donors (Lipinski definition) is 2. The zero-order chi connectivity index (χ0) is 9.84. The van der Waals surface area contributed by atoms with Crippen molar-refractivity contribution < 1.29 is 5.11 Å². The van der Waals surface area contributed by atoms with E-state index in [0.717, 1.165) is 11.4 Å². The Morgan fingerprint density at radius 1 is 1.62 bits per heavy atom. The zero-order valence-corrected chi connectivity index (χ0v) is 8.41. The van der Waals surface area contributed by atoms with Crippen LogP contribution in [-0.4, -0.2) is 34.6 Å². The predicted octanol–water partition coefficient (Wildman–Crippen LogP) is 0.0802. The number of aliphatic hydroxyl groups is 1. The lowest BCUT2D eigenvalue weighted by molar-refractivity contribution is 0.148. The second-order valence-electron chi connectivity index (χ2n) is 3.32. The number of nitrogens with zero attached hydrogens (tertiary/aromatic N) is 2.